The van der Waals surface area contributed by atoms with Gasteiger partial charge in [-0.25, -0.2) is 0 Å². The number of allylic oxidation sites excluding steroid dienone is 1. The highest BCUT2D eigenvalue weighted by molar-refractivity contribution is 5.83. The van der Waals surface area contributed by atoms with Gasteiger partial charge in [0, 0.05) is 11.3 Å². The summed E-state index contributed by atoms with van der Waals surface area (Å²) in [6, 6.07) is 6.02. The Morgan fingerprint density at radius 2 is 1.69 bits per heavy atom. The van der Waals surface area contributed by atoms with E-state index in [4.69, 9.17) is 4.74 Å². The van der Waals surface area contributed by atoms with E-state index < -0.39 is 0 Å². The summed E-state index contributed by atoms with van der Waals surface area (Å²) in [7, 11) is 0. The largest absolute Gasteiger partial charge is 0.426 e. The summed E-state index contributed by atoms with van der Waals surface area (Å²) < 4.78 is 5.97. The lowest BCUT2D eigenvalue weighted by atomic mass is 9.49. The van der Waals surface area contributed by atoms with Gasteiger partial charge in [0.15, 0.2) is 0 Å². The Morgan fingerprint density at radius 3 is 2.31 bits per heavy atom. The van der Waals surface area contributed by atoms with Crippen LogP contribution in [0.25, 0.3) is 5.57 Å². The lowest BCUT2D eigenvalue weighted by Crippen LogP contribution is -2.51. The molecule has 0 amide bonds. The van der Waals surface area contributed by atoms with E-state index in [1.54, 1.807) is 0 Å². The van der Waals surface area contributed by atoms with E-state index in [1.807, 2.05) is 12.1 Å². The molecule has 4 bridgehead atoms. The third kappa shape index (κ3) is 2.59. The normalized spacial score (nSPS) is 36.1. The maximum absolute atomic E-state index is 13.2. The van der Waals surface area contributed by atoms with E-state index in [9.17, 15) is 4.79 Å². The Hall–Kier alpha value is -1.77. The van der Waals surface area contributed by atoms with Crippen LogP contribution in [-0.4, -0.2) is 11.5 Å². The van der Waals surface area contributed by atoms with Crippen LogP contribution in [0.15, 0.2) is 24.3 Å². The van der Waals surface area contributed by atoms with Crippen molar-refractivity contribution >= 4 is 17.2 Å². The third-order valence-corrected chi connectivity index (χ3v) is 7.13. The quantitative estimate of drug-likeness (QED) is 0.571. The summed E-state index contributed by atoms with van der Waals surface area (Å²) in [6.45, 7) is 6.47. The van der Waals surface area contributed by atoms with Crippen molar-refractivity contribution < 1.29 is 9.53 Å². The highest BCUT2D eigenvalue weighted by Crippen LogP contribution is 2.60. The Balaban J connectivity index is 1.39. The van der Waals surface area contributed by atoms with Crippen molar-refractivity contribution in [2.24, 2.45) is 23.2 Å². The number of anilines is 1. The van der Waals surface area contributed by atoms with Gasteiger partial charge in [-0.2, -0.15) is 0 Å². The molecule has 1 N–H and O–H groups in total. The van der Waals surface area contributed by atoms with E-state index in [-0.39, 0.29) is 16.9 Å². The zero-order valence-corrected chi connectivity index (χ0v) is 16.1. The monoisotopic (exact) mass is 351 g/mol. The fraction of sp³-hybridized carbons (Fsp3) is 0.609. The maximum atomic E-state index is 13.2. The second-order valence-corrected chi connectivity index (χ2v) is 9.97. The number of hydrogen-bond donors (Lipinski definition) is 1. The smallest absolute Gasteiger partial charge is 0.317 e. The first kappa shape index (κ1) is 16.4. The maximum Gasteiger partial charge on any atom is 0.317 e. The van der Waals surface area contributed by atoms with Crippen LogP contribution in [0.5, 0.6) is 5.75 Å². The first-order chi connectivity index (χ1) is 12.3. The van der Waals surface area contributed by atoms with Crippen molar-refractivity contribution in [3.05, 3.63) is 29.8 Å². The minimum absolute atomic E-state index is 0.0299. The highest BCUT2D eigenvalue weighted by atomic mass is 16.5. The van der Waals surface area contributed by atoms with Crippen LogP contribution in [-0.2, 0) is 4.79 Å². The van der Waals surface area contributed by atoms with E-state index in [2.05, 4.69) is 38.2 Å². The molecule has 5 aliphatic rings. The summed E-state index contributed by atoms with van der Waals surface area (Å²) in [5.41, 5.74) is 3.24. The van der Waals surface area contributed by atoms with Crippen molar-refractivity contribution in [1.29, 1.82) is 0 Å². The van der Waals surface area contributed by atoms with Gasteiger partial charge in [-0.3, -0.25) is 4.79 Å². The molecule has 1 aromatic carbocycles. The van der Waals surface area contributed by atoms with E-state index in [0.717, 1.165) is 48.3 Å². The summed E-state index contributed by atoms with van der Waals surface area (Å²) in [5.74, 6) is 3.00. The average molecular weight is 351 g/mol. The SMILES string of the molecule is CC1=CC(C)(C)Nc2ccc(OC(=O)C34CC5CC(CC(C5)C3)C4)cc21. The molecule has 0 atom stereocenters. The fourth-order valence-electron chi connectivity index (χ4n) is 6.60. The second kappa shape index (κ2) is 5.37. The van der Waals surface area contributed by atoms with Gasteiger partial charge in [0.25, 0.3) is 0 Å². The molecule has 3 heteroatoms. The van der Waals surface area contributed by atoms with Gasteiger partial charge in [-0.05, 0) is 101 Å². The zero-order chi connectivity index (χ0) is 18.1. The molecule has 1 heterocycles. The van der Waals surface area contributed by atoms with Crippen molar-refractivity contribution in [2.75, 3.05) is 5.32 Å². The zero-order valence-electron chi connectivity index (χ0n) is 16.1. The number of hydrogen-bond acceptors (Lipinski definition) is 3. The molecule has 4 fully saturated rings. The Labute approximate surface area is 156 Å². The number of carbonyl (C=O) groups is 1. The molecule has 0 saturated heterocycles. The molecule has 3 nitrogen and oxygen atoms in total. The molecule has 0 spiro atoms. The van der Waals surface area contributed by atoms with Gasteiger partial charge in [0.2, 0.25) is 0 Å². The molecule has 0 radical (unpaired) electrons. The van der Waals surface area contributed by atoms with Crippen molar-refractivity contribution in [3.63, 3.8) is 0 Å². The van der Waals surface area contributed by atoms with Crippen LogP contribution in [0.4, 0.5) is 5.69 Å². The van der Waals surface area contributed by atoms with Gasteiger partial charge in [0.1, 0.15) is 5.75 Å². The molecule has 0 unspecified atom stereocenters. The number of carbonyl (C=O) groups excluding carboxylic acids is 1. The van der Waals surface area contributed by atoms with Crippen LogP contribution in [0.1, 0.15) is 64.9 Å². The van der Waals surface area contributed by atoms with Gasteiger partial charge >= 0.3 is 5.97 Å². The van der Waals surface area contributed by atoms with Crippen molar-refractivity contribution in [1.82, 2.24) is 0 Å². The van der Waals surface area contributed by atoms with Gasteiger partial charge in [-0.15, -0.1) is 0 Å². The predicted octanol–water partition coefficient (Wildman–Crippen LogP) is 5.42. The van der Waals surface area contributed by atoms with E-state index >= 15 is 0 Å². The molecular formula is C23H29NO2. The van der Waals surface area contributed by atoms with E-state index in [1.165, 1.54) is 24.8 Å². The minimum atomic E-state index is -0.199. The lowest BCUT2D eigenvalue weighted by Gasteiger charge is -2.55. The molecule has 26 heavy (non-hydrogen) atoms. The molecular weight excluding hydrogens is 322 g/mol. The first-order valence-corrected chi connectivity index (χ1v) is 10.2. The molecule has 138 valence electrons. The second-order valence-electron chi connectivity index (χ2n) is 9.97. The van der Waals surface area contributed by atoms with Gasteiger partial charge < -0.3 is 10.1 Å². The van der Waals surface area contributed by atoms with Crippen LogP contribution >= 0.6 is 0 Å². The number of benzene rings is 1. The van der Waals surface area contributed by atoms with Crippen LogP contribution in [0.2, 0.25) is 0 Å². The molecule has 4 saturated carbocycles. The summed E-state index contributed by atoms with van der Waals surface area (Å²) in [4.78, 5) is 13.2. The number of esters is 1. The highest BCUT2D eigenvalue weighted by Gasteiger charge is 2.55. The van der Waals surface area contributed by atoms with Crippen LogP contribution in [0.3, 0.4) is 0 Å². The third-order valence-electron chi connectivity index (χ3n) is 7.13. The topological polar surface area (TPSA) is 38.3 Å². The molecule has 1 aliphatic heterocycles. The summed E-state index contributed by atoms with van der Waals surface area (Å²) in [6.07, 6.45) is 9.43. The summed E-state index contributed by atoms with van der Waals surface area (Å²) >= 11 is 0. The Morgan fingerprint density at radius 1 is 1.08 bits per heavy atom. The Kier molecular flexibility index (Phi) is 3.39. The lowest BCUT2D eigenvalue weighted by molar-refractivity contribution is -0.161. The average Bonchev–Trinajstić information content (AvgIpc) is 2.53. The predicted molar refractivity (Wildman–Crippen MR) is 104 cm³/mol. The fourth-order valence-corrected chi connectivity index (χ4v) is 6.60. The first-order valence-electron chi connectivity index (χ1n) is 10.2. The molecule has 6 rings (SSSR count). The summed E-state index contributed by atoms with van der Waals surface area (Å²) in [5, 5.41) is 3.54. The van der Waals surface area contributed by atoms with Crippen LogP contribution in [0, 0.1) is 23.2 Å². The van der Waals surface area contributed by atoms with Gasteiger partial charge in [-0.1, -0.05) is 6.08 Å². The Bertz CT molecular complexity index is 769. The molecule has 1 aromatic rings. The minimum Gasteiger partial charge on any atom is -0.426 e. The van der Waals surface area contributed by atoms with Crippen molar-refractivity contribution in [3.8, 4) is 5.75 Å². The standard InChI is InChI=1S/C23H29NO2/c1-14-10-22(2,3)24-20-5-4-18(9-19(14)20)26-21(25)23-11-15-6-16(12-23)8-17(7-15)13-23/h4-5,9-10,15-17,24H,6-8,11-13H2,1-3H3. The number of rotatable bonds is 2. The number of fused-ring (bicyclic) bond motifs is 1. The number of ether oxygens (including phenoxy) is 1. The van der Waals surface area contributed by atoms with Crippen LogP contribution < -0.4 is 10.1 Å². The molecule has 0 aromatic heterocycles. The molecule has 4 aliphatic carbocycles. The van der Waals surface area contributed by atoms with Crippen molar-refractivity contribution in [2.45, 2.75) is 64.8 Å². The number of nitrogens with one attached hydrogen (secondary N) is 1. The van der Waals surface area contributed by atoms with E-state index in [0.29, 0.717) is 5.75 Å². The van der Waals surface area contributed by atoms with Gasteiger partial charge in [0.05, 0.1) is 11.0 Å².